The molecule has 0 fully saturated rings. The van der Waals surface area contributed by atoms with Gasteiger partial charge in [0, 0.05) is 31.3 Å². The molecule has 1 N–H and O–H groups in total. The van der Waals surface area contributed by atoms with Gasteiger partial charge in [-0.1, -0.05) is 48.5 Å². The third-order valence-electron chi connectivity index (χ3n) is 6.44. The molecule has 0 saturated carbocycles. The van der Waals surface area contributed by atoms with E-state index in [1.54, 1.807) is 11.7 Å². The molecule has 1 heterocycles. The first kappa shape index (κ1) is 27.9. The van der Waals surface area contributed by atoms with E-state index in [9.17, 15) is 14.7 Å². The van der Waals surface area contributed by atoms with E-state index in [0.717, 1.165) is 24.6 Å². The van der Waals surface area contributed by atoms with Gasteiger partial charge in [0.2, 0.25) is 5.91 Å². The monoisotopic (exact) mass is 472 g/mol. The zero-order valence-electron chi connectivity index (χ0n) is 22.4. The molecule has 0 atom stereocenters. The van der Waals surface area contributed by atoms with Gasteiger partial charge in [-0.05, 0) is 59.6 Å². The van der Waals surface area contributed by atoms with E-state index in [-0.39, 0.29) is 35.4 Å². The quantitative estimate of drug-likeness (QED) is 0.501. The SMILES string of the molecule is COc1ccc2cc(C(C)(C)C)c(=O)n(CC(=O)N(CCCC(C)(C)CO)CCC(C)C)c2c1. The Kier molecular flexibility index (Phi) is 9.35. The van der Waals surface area contributed by atoms with Crippen LogP contribution in [0.2, 0.25) is 0 Å². The molecule has 0 aliphatic rings. The molecule has 1 amide bonds. The first-order chi connectivity index (χ1) is 15.8. The number of carbonyl (C=O) groups excluding carboxylic acids is 1. The summed E-state index contributed by atoms with van der Waals surface area (Å²) in [6, 6.07) is 7.59. The van der Waals surface area contributed by atoms with Crippen molar-refractivity contribution < 1.29 is 14.6 Å². The Bertz CT molecular complexity index is 1030. The lowest BCUT2D eigenvalue weighted by molar-refractivity contribution is -0.132. The average molecular weight is 473 g/mol. The minimum atomic E-state index is -0.344. The molecule has 34 heavy (non-hydrogen) atoms. The van der Waals surface area contributed by atoms with Crippen molar-refractivity contribution in [2.24, 2.45) is 11.3 Å². The molecule has 0 aliphatic carbocycles. The number of aromatic nitrogens is 1. The molecule has 6 nitrogen and oxygen atoms in total. The van der Waals surface area contributed by atoms with Crippen LogP contribution in [-0.4, -0.2) is 47.3 Å². The molecular formula is C28H44N2O4. The fourth-order valence-electron chi connectivity index (χ4n) is 4.01. The molecule has 0 spiro atoms. The zero-order chi connectivity index (χ0) is 25.7. The zero-order valence-corrected chi connectivity index (χ0v) is 22.4. The second kappa shape index (κ2) is 11.4. The van der Waals surface area contributed by atoms with Gasteiger partial charge in [0.25, 0.3) is 5.56 Å². The second-order valence-electron chi connectivity index (χ2n) is 11.6. The van der Waals surface area contributed by atoms with Crippen LogP contribution in [0.1, 0.15) is 73.3 Å². The number of amides is 1. The van der Waals surface area contributed by atoms with Gasteiger partial charge in [0.1, 0.15) is 12.3 Å². The summed E-state index contributed by atoms with van der Waals surface area (Å²) in [6.07, 6.45) is 2.54. The van der Waals surface area contributed by atoms with Crippen LogP contribution in [0, 0.1) is 11.3 Å². The largest absolute Gasteiger partial charge is 0.497 e. The van der Waals surface area contributed by atoms with Crippen LogP contribution in [0.25, 0.3) is 10.9 Å². The number of ether oxygens (including phenoxy) is 1. The van der Waals surface area contributed by atoms with Gasteiger partial charge in [-0.2, -0.15) is 0 Å². The van der Waals surface area contributed by atoms with Crippen molar-refractivity contribution in [1.29, 1.82) is 0 Å². The molecule has 0 radical (unpaired) electrons. The van der Waals surface area contributed by atoms with Gasteiger partial charge >= 0.3 is 0 Å². The van der Waals surface area contributed by atoms with Gasteiger partial charge in [-0.25, -0.2) is 0 Å². The van der Waals surface area contributed by atoms with Crippen molar-refractivity contribution >= 4 is 16.8 Å². The third kappa shape index (κ3) is 7.33. The first-order valence-electron chi connectivity index (χ1n) is 12.4. The Morgan fingerprint density at radius 1 is 1.12 bits per heavy atom. The number of hydrogen-bond donors (Lipinski definition) is 1. The molecular weight excluding hydrogens is 428 g/mol. The maximum atomic E-state index is 13.6. The van der Waals surface area contributed by atoms with Crippen LogP contribution in [0.5, 0.6) is 5.75 Å². The van der Waals surface area contributed by atoms with Gasteiger partial charge in [0.05, 0.1) is 12.6 Å². The molecule has 2 rings (SSSR count). The number of nitrogens with zero attached hydrogens (tertiary/aromatic N) is 2. The molecule has 0 aliphatic heterocycles. The molecule has 1 aromatic heterocycles. The molecule has 2 aromatic rings. The molecule has 0 bridgehead atoms. The van der Waals surface area contributed by atoms with Crippen LogP contribution in [0.3, 0.4) is 0 Å². The minimum absolute atomic E-state index is 0.00604. The van der Waals surface area contributed by atoms with E-state index in [2.05, 4.69) is 13.8 Å². The van der Waals surface area contributed by atoms with E-state index in [4.69, 9.17) is 4.74 Å². The van der Waals surface area contributed by atoms with E-state index >= 15 is 0 Å². The van der Waals surface area contributed by atoms with Gasteiger partial charge in [-0.15, -0.1) is 0 Å². The number of methoxy groups -OCH3 is 1. The lowest BCUT2D eigenvalue weighted by atomic mass is 9.87. The van der Waals surface area contributed by atoms with Crippen molar-refractivity contribution in [2.75, 3.05) is 26.8 Å². The Hall–Kier alpha value is -2.34. The molecule has 190 valence electrons. The van der Waals surface area contributed by atoms with Crippen molar-refractivity contribution in [3.63, 3.8) is 0 Å². The van der Waals surface area contributed by atoms with Gasteiger partial charge in [-0.3, -0.25) is 14.2 Å². The number of fused-ring (bicyclic) bond motifs is 1. The standard InChI is InChI=1S/C28H44N2O4/c1-20(2)12-15-29(14-9-13-28(6,7)19-31)25(32)18-30-24-17-22(34-8)11-10-21(24)16-23(26(30)33)27(3,4)5/h10-11,16-17,20,31H,9,12-15,18-19H2,1-8H3. The number of pyridine rings is 1. The van der Waals surface area contributed by atoms with Crippen molar-refractivity contribution in [2.45, 2.75) is 79.7 Å². The smallest absolute Gasteiger partial charge is 0.255 e. The van der Waals surface area contributed by atoms with E-state index < -0.39 is 0 Å². The summed E-state index contributed by atoms with van der Waals surface area (Å²) in [5.74, 6) is 1.07. The highest BCUT2D eigenvalue weighted by molar-refractivity contribution is 5.84. The van der Waals surface area contributed by atoms with Gasteiger partial charge < -0.3 is 14.7 Å². The lowest BCUT2D eigenvalue weighted by Gasteiger charge is -2.28. The van der Waals surface area contributed by atoms with Crippen molar-refractivity contribution in [3.05, 3.63) is 40.2 Å². The predicted molar refractivity (Wildman–Crippen MR) is 140 cm³/mol. The molecule has 0 unspecified atom stereocenters. The Labute approximate surface area is 204 Å². The lowest BCUT2D eigenvalue weighted by Crippen LogP contribution is -2.40. The predicted octanol–water partition coefficient (Wildman–Crippen LogP) is 4.98. The first-order valence-corrected chi connectivity index (χ1v) is 12.4. The van der Waals surface area contributed by atoms with E-state index in [1.807, 2.05) is 63.8 Å². The van der Waals surface area contributed by atoms with Crippen molar-refractivity contribution in [3.8, 4) is 5.75 Å². The second-order valence-corrected chi connectivity index (χ2v) is 11.6. The summed E-state index contributed by atoms with van der Waals surface area (Å²) in [5.41, 5.74) is 0.750. The summed E-state index contributed by atoms with van der Waals surface area (Å²) < 4.78 is 7.01. The normalized spacial score (nSPS) is 12.4. The number of rotatable bonds is 11. The number of aliphatic hydroxyl groups is 1. The molecule has 1 aromatic carbocycles. The van der Waals surface area contributed by atoms with E-state index in [1.165, 1.54) is 0 Å². The Morgan fingerprint density at radius 3 is 2.35 bits per heavy atom. The summed E-state index contributed by atoms with van der Waals surface area (Å²) in [6.45, 7) is 15.8. The highest BCUT2D eigenvalue weighted by Gasteiger charge is 2.24. The van der Waals surface area contributed by atoms with Crippen molar-refractivity contribution in [1.82, 2.24) is 9.47 Å². The minimum Gasteiger partial charge on any atom is -0.497 e. The summed E-state index contributed by atoms with van der Waals surface area (Å²) >= 11 is 0. The fourth-order valence-corrected chi connectivity index (χ4v) is 4.01. The number of carbonyl (C=O) groups is 1. The third-order valence-corrected chi connectivity index (χ3v) is 6.44. The fraction of sp³-hybridized carbons (Fsp3) is 0.643. The number of hydrogen-bond acceptors (Lipinski definition) is 4. The highest BCUT2D eigenvalue weighted by atomic mass is 16.5. The Balaban J connectivity index is 2.44. The van der Waals surface area contributed by atoms with Crippen LogP contribution in [0.4, 0.5) is 0 Å². The number of aliphatic hydroxyl groups excluding tert-OH is 1. The highest BCUT2D eigenvalue weighted by Crippen LogP contribution is 2.26. The molecule has 0 saturated heterocycles. The van der Waals surface area contributed by atoms with Crippen LogP contribution < -0.4 is 10.3 Å². The summed E-state index contributed by atoms with van der Waals surface area (Å²) in [7, 11) is 1.60. The molecule has 6 heteroatoms. The van der Waals surface area contributed by atoms with Crippen LogP contribution >= 0.6 is 0 Å². The maximum Gasteiger partial charge on any atom is 0.255 e. The van der Waals surface area contributed by atoms with Crippen LogP contribution in [0.15, 0.2) is 29.1 Å². The average Bonchev–Trinajstić information content (AvgIpc) is 2.76. The summed E-state index contributed by atoms with van der Waals surface area (Å²) in [4.78, 5) is 29.0. The van der Waals surface area contributed by atoms with Gasteiger partial charge in [0.15, 0.2) is 0 Å². The van der Waals surface area contributed by atoms with Crippen LogP contribution in [-0.2, 0) is 16.8 Å². The number of benzene rings is 1. The topological polar surface area (TPSA) is 71.8 Å². The maximum absolute atomic E-state index is 13.6. The van der Waals surface area contributed by atoms with E-state index in [0.29, 0.717) is 35.8 Å². The summed E-state index contributed by atoms with van der Waals surface area (Å²) in [5, 5.41) is 10.5. The Morgan fingerprint density at radius 2 is 1.79 bits per heavy atom.